The zero-order valence-corrected chi connectivity index (χ0v) is 11.2. The van der Waals surface area contributed by atoms with E-state index in [1.54, 1.807) is 0 Å². The van der Waals surface area contributed by atoms with E-state index < -0.39 is 0 Å². The highest BCUT2D eigenvalue weighted by Crippen LogP contribution is 2.07. The molecule has 0 saturated carbocycles. The summed E-state index contributed by atoms with van der Waals surface area (Å²) in [5.41, 5.74) is 1.43. The molecule has 92 valence electrons. The fourth-order valence-electron chi connectivity index (χ4n) is 1.45. The summed E-state index contributed by atoms with van der Waals surface area (Å²) < 4.78 is 2.25. The average molecular weight is 223 g/mol. The Morgan fingerprint density at radius 3 is 2.62 bits per heavy atom. The van der Waals surface area contributed by atoms with E-state index in [0.717, 1.165) is 19.0 Å². The van der Waals surface area contributed by atoms with Gasteiger partial charge in [0.25, 0.3) is 0 Å². The second kappa shape index (κ2) is 5.48. The Labute approximate surface area is 99.3 Å². The van der Waals surface area contributed by atoms with Crippen LogP contribution in [0.15, 0.2) is 12.5 Å². The first-order valence-electron chi connectivity index (χ1n) is 6.12. The van der Waals surface area contributed by atoms with Gasteiger partial charge in [-0.2, -0.15) is 0 Å². The van der Waals surface area contributed by atoms with Crippen LogP contribution >= 0.6 is 0 Å². The maximum atomic E-state index is 4.22. The second-order valence-corrected chi connectivity index (χ2v) is 5.86. The van der Waals surface area contributed by atoms with E-state index in [1.807, 2.05) is 12.5 Å². The summed E-state index contributed by atoms with van der Waals surface area (Å²) in [4.78, 5) is 4.22. The predicted octanol–water partition coefficient (Wildman–Crippen LogP) is 2.82. The number of nitrogens with zero attached hydrogens (tertiary/aromatic N) is 2. The Kier molecular flexibility index (Phi) is 4.54. The van der Waals surface area contributed by atoms with Crippen LogP contribution in [0.2, 0.25) is 0 Å². The molecular formula is C13H25N3. The molecule has 0 spiro atoms. The Bertz CT molecular complexity index is 307. The van der Waals surface area contributed by atoms with Crippen LogP contribution in [0.25, 0.3) is 0 Å². The third kappa shape index (κ3) is 4.79. The first-order valence-corrected chi connectivity index (χ1v) is 6.12. The molecule has 0 aromatic carbocycles. The van der Waals surface area contributed by atoms with Gasteiger partial charge in [-0.25, -0.2) is 4.98 Å². The van der Waals surface area contributed by atoms with E-state index in [9.17, 15) is 0 Å². The summed E-state index contributed by atoms with van der Waals surface area (Å²) in [6.07, 6.45) is 5.10. The number of hydrogen-bond acceptors (Lipinski definition) is 2. The molecule has 1 aromatic rings. The molecule has 0 atom stereocenters. The number of nitrogens with one attached hydrogen (secondary N) is 1. The van der Waals surface area contributed by atoms with Gasteiger partial charge in [-0.15, -0.1) is 0 Å². The smallest absolute Gasteiger partial charge is 0.0948 e. The van der Waals surface area contributed by atoms with Gasteiger partial charge in [0.15, 0.2) is 0 Å². The SMILES string of the molecule is CC(C)CCn1cncc1CNC(C)(C)C. The van der Waals surface area contributed by atoms with Gasteiger partial charge in [0.2, 0.25) is 0 Å². The molecule has 1 heterocycles. The van der Waals surface area contributed by atoms with Crippen molar-refractivity contribution in [2.24, 2.45) is 5.92 Å². The van der Waals surface area contributed by atoms with E-state index in [2.05, 4.69) is 49.5 Å². The molecule has 0 aliphatic rings. The Hall–Kier alpha value is -0.830. The highest BCUT2D eigenvalue weighted by atomic mass is 15.1. The molecule has 3 heteroatoms. The summed E-state index contributed by atoms with van der Waals surface area (Å²) in [5.74, 6) is 0.742. The van der Waals surface area contributed by atoms with Gasteiger partial charge in [-0.1, -0.05) is 13.8 Å². The van der Waals surface area contributed by atoms with Gasteiger partial charge in [-0.3, -0.25) is 0 Å². The van der Waals surface area contributed by atoms with Crippen LogP contribution in [0.3, 0.4) is 0 Å². The quantitative estimate of drug-likeness (QED) is 0.832. The number of imidazole rings is 1. The molecule has 0 saturated heterocycles. The largest absolute Gasteiger partial charge is 0.333 e. The summed E-state index contributed by atoms with van der Waals surface area (Å²) in [6, 6.07) is 0. The van der Waals surface area contributed by atoms with Crippen LogP contribution in [0.5, 0.6) is 0 Å². The molecule has 1 rings (SSSR count). The number of rotatable bonds is 5. The molecule has 0 aliphatic carbocycles. The van der Waals surface area contributed by atoms with Crippen LogP contribution < -0.4 is 5.32 Å². The van der Waals surface area contributed by atoms with Crippen molar-refractivity contribution in [2.45, 2.75) is 59.7 Å². The standard InChI is InChI=1S/C13H25N3/c1-11(2)6-7-16-10-14-8-12(16)9-15-13(3,4)5/h8,10-11,15H,6-7,9H2,1-5H3. The fraction of sp³-hybridized carbons (Fsp3) is 0.769. The van der Waals surface area contributed by atoms with Crippen LogP contribution in [0.4, 0.5) is 0 Å². The van der Waals surface area contributed by atoms with Gasteiger partial charge in [0.05, 0.1) is 12.0 Å². The van der Waals surface area contributed by atoms with Crippen molar-refractivity contribution < 1.29 is 0 Å². The van der Waals surface area contributed by atoms with Crippen molar-refractivity contribution in [3.8, 4) is 0 Å². The molecule has 1 aromatic heterocycles. The summed E-state index contributed by atoms with van der Waals surface area (Å²) in [6.45, 7) is 13.0. The lowest BCUT2D eigenvalue weighted by atomic mass is 10.1. The molecule has 0 amide bonds. The normalized spacial score (nSPS) is 12.4. The van der Waals surface area contributed by atoms with E-state index in [-0.39, 0.29) is 5.54 Å². The van der Waals surface area contributed by atoms with Crippen molar-refractivity contribution in [1.29, 1.82) is 0 Å². The molecule has 1 N–H and O–H groups in total. The van der Waals surface area contributed by atoms with Crippen molar-refractivity contribution >= 4 is 0 Å². The third-order valence-corrected chi connectivity index (χ3v) is 2.55. The summed E-state index contributed by atoms with van der Waals surface area (Å²) in [5, 5.41) is 3.49. The first-order chi connectivity index (χ1) is 7.38. The van der Waals surface area contributed by atoms with E-state index in [0.29, 0.717) is 0 Å². The minimum absolute atomic E-state index is 0.160. The summed E-state index contributed by atoms with van der Waals surface area (Å²) in [7, 11) is 0. The van der Waals surface area contributed by atoms with Crippen molar-refractivity contribution in [2.75, 3.05) is 0 Å². The molecule has 0 radical (unpaired) electrons. The third-order valence-electron chi connectivity index (χ3n) is 2.55. The minimum Gasteiger partial charge on any atom is -0.333 e. The summed E-state index contributed by atoms with van der Waals surface area (Å²) >= 11 is 0. The molecule has 0 aliphatic heterocycles. The number of aryl methyl sites for hydroxylation is 1. The molecule has 0 fully saturated rings. The highest BCUT2D eigenvalue weighted by molar-refractivity contribution is 4.98. The Balaban J connectivity index is 2.50. The van der Waals surface area contributed by atoms with Crippen LogP contribution in [-0.4, -0.2) is 15.1 Å². The maximum Gasteiger partial charge on any atom is 0.0948 e. The van der Waals surface area contributed by atoms with Crippen molar-refractivity contribution in [3.05, 3.63) is 18.2 Å². The molecular weight excluding hydrogens is 198 g/mol. The number of hydrogen-bond donors (Lipinski definition) is 1. The lowest BCUT2D eigenvalue weighted by molar-refractivity contribution is 0.411. The lowest BCUT2D eigenvalue weighted by Crippen LogP contribution is -2.35. The highest BCUT2D eigenvalue weighted by Gasteiger charge is 2.10. The lowest BCUT2D eigenvalue weighted by Gasteiger charge is -2.21. The van der Waals surface area contributed by atoms with Crippen molar-refractivity contribution in [3.63, 3.8) is 0 Å². The van der Waals surface area contributed by atoms with Gasteiger partial charge in [0.1, 0.15) is 0 Å². The monoisotopic (exact) mass is 223 g/mol. The molecule has 16 heavy (non-hydrogen) atoms. The van der Waals surface area contributed by atoms with E-state index in [1.165, 1.54) is 12.1 Å². The minimum atomic E-state index is 0.160. The predicted molar refractivity (Wildman–Crippen MR) is 68.3 cm³/mol. The average Bonchev–Trinajstić information content (AvgIpc) is 2.57. The zero-order chi connectivity index (χ0) is 12.2. The van der Waals surface area contributed by atoms with E-state index in [4.69, 9.17) is 0 Å². The molecule has 3 nitrogen and oxygen atoms in total. The first kappa shape index (κ1) is 13.2. The van der Waals surface area contributed by atoms with Gasteiger partial charge < -0.3 is 9.88 Å². The van der Waals surface area contributed by atoms with Crippen LogP contribution in [-0.2, 0) is 13.1 Å². The van der Waals surface area contributed by atoms with Crippen LogP contribution in [0.1, 0.15) is 46.7 Å². The van der Waals surface area contributed by atoms with Gasteiger partial charge >= 0.3 is 0 Å². The van der Waals surface area contributed by atoms with Gasteiger partial charge in [-0.05, 0) is 33.1 Å². The van der Waals surface area contributed by atoms with E-state index >= 15 is 0 Å². The zero-order valence-electron chi connectivity index (χ0n) is 11.2. The van der Waals surface area contributed by atoms with Crippen molar-refractivity contribution in [1.82, 2.24) is 14.9 Å². The molecule has 0 bridgehead atoms. The molecule has 0 unspecified atom stereocenters. The topological polar surface area (TPSA) is 29.9 Å². The fourth-order valence-corrected chi connectivity index (χ4v) is 1.45. The van der Waals surface area contributed by atoms with Crippen LogP contribution in [0, 0.1) is 5.92 Å². The Morgan fingerprint density at radius 1 is 1.38 bits per heavy atom. The van der Waals surface area contributed by atoms with Gasteiger partial charge in [0, 0.05) is 24.8 Å². The second-order valence-electron chi connectivity index (χ2n) is 5.86. The Morgan fingerprint density at radius 2 is 2.06 bits per heavy atom. The number of aromatic nitrogens is 2. The maximum absolute atomic E-state index is 4.22.